The van der Waals surface area contributed by atoms with Gasteiger partial charge in [-0.2, -0.15) is 0 Å². The number of nitrogens with one attached hydrogen (secondary N) is 1. The number of aromatic nitrogens is 1. The van der Waals surface area contributed by atoms with Crippen LogP contribution in [0.25, 0.3) is 0 Å². The first kappa shape index (κ1) is 12.4. The quantitative estimate of drug-likeness (QED) is 0.832. The number of aryl methyl sites for hydroxylation is 1. The van der Waals surface area contributed by atoms with E-state index in [2.05, 4.69) is 33.1 Å². The fourth-order valence-corrected chi connectivity index (χ4v) is 2.18. The first-order valence-electron chi connectivity index (χ1n) is 4.75. The van der Waals surface area contributed by atoms with Crippen molar-refractivity contribution < 1.29 is 9.32 Å². The number of anilines is 1. The van der Waals surface area contributed by atoms with Gasteiger partial charge < -0.3 is 9.84 Å². The second kappa shape index (κ2) is 5.05. The Bertz CT molecular complexity index is 568. The van der Waals surface area contributed by atoms with Gasteiger partial charge in [-0.3, -0.25) is 4.79 Å². The second-order valence-corrected chi connectivity index (χ2v) is 5.07. The van der Waals surface area contributed by atoms with Gasteiger partial charge in [0.2, 0.25) is 5.76 Å². The van der Waals surface area contributed by atoms with Crippen LogP contribution in [0.5, 0.6) is 0 Å². The lowest BCUT2D eigenvalue weighted by Crippen LogP contribution is -2.12. The first-order valence-corrected chi connectivity index (χ1v) is 6.21. The minimum Gasteiger partial charge on any atom is -0.351 e. The Hall–Kier alpha value is -1.08. The van der Waals surface area contributed by atoms with Gasteiger partial charge in [-0.05, 0) is 47.7 Å². The van der Waals surface area contributed by atoms with E-state index in [-0.39, 0.29) is 11.7 Å². The van der Waals surface area contributed by atoms with Crippen LogP contribution >= 0.6 is 34.2 Å². The van der Waals surface area contributed by atoms with E-state index < -0.39 is 0 Å². The number of hydrogen-bond acceptors (Lipinski definition) is 3. The summed E-state index contributed by atoms with van der Waals surface area (Å²) >= 11 is 8.16. The number of carbonyl (C=O) groups excluding carboxylic acids is 1. The smallest absolute Gasteiger partial charge is 0.294 e. The number of benzene rings is 1. The van der Waals surface area contributed by atoms with Crippen molar-refractivity contribution in [2.75, 3.05) is 5.32 Å². The molecule has 0 spiro atoms. The molecule has 1 aromatic carbocycles. The Morgan fingerprint density at radius 2 is 2.29 bits per heavy atom. The van der Waals surface area contributed by atoms with Crippen LogP contribution in [0.3, 0.4) is 0 Å². The average molecular weight is 363 g/mol. The molecule has 4 nitrogen and oxygen atoms in total. The van der Waals surface area contributed by atoms with Crippen LogP contribution in [0.15, 0.2) is 28.9 Å². The van der Waals surface area contributed by atoms with Crippen molar-refractivity contribution in [1.82, 2.24) is 5.16 Å². The zero-order chi connectivity index (χ0) is 12.4. The Morgan fingerprint density at radius 1 is 1.53 bits per heavy atom. The summed E-state index contributed by atoms with van der Waals surface area (Å²) in [6.45, 7) is 1.75. The van der Waals surface area contributed by atoms with Gasteiger partial charge in [0.25, 0.3) is 5.91 Å². The maximum absolute atomic E-state index is 11.8. The minimum atomic E-state index is -0.358. The average Bonchev–Trinajstić information content (AvgIpc) is 2.68. The normalized spacial score (nSPS) is 10.3. The third kappa shape index (κ3) is 2.78. The highest BCUT2D eigenvalue weighted by Crippen LogP contribution is 2.24. The summed E-state index contributed by atoms with van der Waals surface area (Å²) in [5, 5.41) is 6.71. The van der Waals surface area contributed by atoms with Gasteiger partial charge >= 0.3 is 0 Å². The lowest BCUT2D eigenvalue weighted by molar-refractivity contribution is 0.0987. The standard InChI is InChI=1S/C11H8ClIN2O2/c1-6-5-14-17-10(6)11(16)15-9-3-2-7(13)4-8(9)12/h2-5H,1H3,(H,15,16). The molecule has 88 valence electrons. The van der Waals surface area contributed by atoms with Crippen molar-refractivity contribution in [3.05, 3.63) is 44.3 Å². The highest BCUT2D eigenvalue weighted by molar-refractivity contribution is 14.1. The van der Waals surface area contributed by atoms with Crippen molar-refractivity contribution in [2.24, 2.45) is 0 Å². The van der Waals surface area contributed by atoms with Crippen LogP contribution in [0.1, 0.15) is 16.1 Å². The monoisotopic (exact) mass is 362 g/mol. The van der Waals surface area contributed by atoms with E-state index >= 15 is 0 Å². The molecule has 6 heteroatoms. The van der Waals surface area contributed by atoms with Crippen LogP contribution < -0.4 is 5.32 Å². The zero-order valence-electron chi connectivity index (χ0n) is 8.83. The Balaban J connectivity index is 2.22. The van der Waals surface area contributed by atoms with E-state index in [9.17, 15) is 4.79 Å². The number of nitrogens with zero attached hydrogens (tertiary/aromatic N) is 1. The van der Waals surface area contributed by atoms with Crippen molar-refractivity contribution in [2.45, 2.75) is 6.92 Å². The predicted octanol–water partition coefficient (Wildman–Crippen LogP) is 3.49. The number of amides is 1. The van der Waals surface area contributed by atoms with Gasteiger partial charge in [0.05, 0.1) is 16.9 Å². The largest absolute Gasteiger partial charge is 0.351 e. The highest BCUT2D eigenvalue weighted by atomic mass is 127. The number of halogens is 2. The summed E-state index contributed by atoms with van der Waals surface area (Å²) in [5.41, 5.74) is 1.23. The minimum absolute atomic E-state index is 0.194. The summed E-state index contributed by atoms with van der Waals surface area (Å²) in [6, 6.07) is 5.37. The number of carbonyl (C=O) groups is 1. The fraction of sp³-hybridized carbons (Fsp3) is 0.0909. The molecule has 17 heavy (non-hydrogen) atoms. The molecule has 1 amide bonds. The van der Waals surface area contributed by atoms with Gasteiger partial charge in [-0.1, -0.05) is 16.8 Å². The molecular formula is C11H8ClIN2O2. The fourth-order valence-electron chi connectivity index (χ4n) is 1.28. The summed E-state index contributed by atoms with van der Waals surface area (Å²) in [7, 11) is 0. The predicted molar refractivity (Wildman–Crippen MR) is 73.4 cm³/mol. The van der Waals surface area contributed by atoms with E-state index in [0.717, 1.165) is 3.57 Å². The molecule has 0 bridgehead atoms. The van der Waals surface area contributed by atoms with E-state index in [4.69, 9.17) is 16.1 Å². The Kier molecular flexibility index (Phi) is 3.68. The van der Waals surface area contributed by atoms with Crippen LogP contribution in [0.4, 0.5) is 5.69 Å². The molecule has 1 aromatic heterocycles. The Morgan fingerprint density at radius 3 is 2.88 bits per heavy atom. The van der Waals surface area contributed by atoms with Gasteiger partial charge in [-0.25, -0.2) is 0 Å². The number of rotatable bonds is 2. The van der Waals surface area contributed by atoms with E-state index in [1.165, 1.54) is 6.20 Å². The van der Waals surface area contributed by atoms with Crippen LogP contribution in [-0.4, -0.2) is 11.1 Å². The highest BCUT2D eigenvalue weighted by Gasteiger charge is 2.15. The molecule has 2 aromatic rings. The summed E-state index contributed by atoms with van der Waals surface area (Å²) in [6.07, 6.45) is 1.49. The lowest BCUT2D eigenvalue weighted by Gasteiger charge is -2.05. The van der Waals surface area contributed by atoms with Crippen molar-refractivity contribution >= 4 is 45.8 Å². The molecule has 0 aliphatic rings. The molecule has 2 rings (SSSR count). The van der Waals surface area contributed by atoms with Gasteiger partial charge in [-0.15, -0.1) is 0 Å². The molecule has 0 saturated heterocycles. The maximum atomic E-state index is 11.8. The molecule has 1 heterocycles. The lowest BCUT2D eigenvalue weighted by atomic mass is 10.2. The summed E-state index contributed by atoms with van der Waals surface area (Å²) in [4.78, 5) is 11.8. The molecule has 0 saturated carbocycles. The van der Waals surface area contributed by atoms with Crippen molar-refractivity contribution in [1.29, 1.82) is 0 Å². The maximum Gasteiger partial charge on any atom is 0.294 e. The van der Waals surface area contributed by atoms with E-state index in [0.29, 0.717) is 16.3 Å². The SMILES string of the molecule is Cc1cnoc1C(=O)Nc1ccc(I)cc1Cl. The zero-order valence-corrected chi connectivity index (χ0v) is 11.7. The molecule has 0 fully saturated rings. The molecule has 1 N–H and O–H groups in total. The molecule has 0 aliphatic carbocycles. The first-order chi connectivity index (χ1) is 8.08. The summed E-state index contributed by atoms with van der Waals surface area (Å²) < 4.78 is 5.86. The third-order valence-electron chi connectivity index (χ3n) is 2.13. The van der Waals surface area contributed by atoms with Crippen LogP contribution in [0, 0.1) is 10.5 Å². The molecule has 0 atom stereocenters. The van der Waals surface area contributed by atoms with E-state index in [1.807, 2.05) is 6.07 Å². The van der Waals surface area contributed by atoms with Crippen LogP contribution in [0.2, 0.25) is 5.02 Å². The van der Waals surface area contributed by atoms with Crippen molar-refractivity contribution in [3.63, 3.8) is 0 Å². The molecular weight excluding hydrogens is 354 g/mol. The van der Waals surface area contributed by atoms with Crippen molar-refractivity contribution in [3.8, 4) is 0 Å². The second-order valence-electron chi connectivity index (χ2n) is 3.42. The topological polar surface area (TPSA) is 55.1 Å². The van der Waals surface area contributed by atoms with Crippen LogP contribution in [-0.2, 0) is 0 Å². The molecule has 0 unspecified atom stereocenters. The van der Waals surface area contributed by atoms with Gasteiger partial charge in [0.15, 0.2) is 0 Å². The number of hydrogen-bond donors (Lipinski definition) is 1. The van der Waals surface area contributed by atoms with Gasteiger partial charge in [0, 0.05) is 9.13 Å². The molecule has 0 radical (unpaired) electrons. The van der Waals surface area contributed by atoms with Gasteiger partial charge in [0.1, 0.15) is 0 Å². The van der Waals surface area contributed by atoms with E-state index in [1.54, 1.807) is 19.1 Å². The Labute approximate surface area is 116 Å². The third-order valence-corrected chi connectivity index (χ3v) is 3.12. The molecule has 0 aliphatic heterocycles. The summed E-state index contributed by atoms with van der Waals surface area (Å²) in [5.74, 6) is -0.164.